The van der Waals surface area contributed by atoms with E-state index in [9.17, 15) is 0 Å². The summed E-state index contributed by atoms with van der Waals surface area (Å²) in [6, 6.07) is 4.93. The molecule has 1 aromatic rings. The highest BCUT2D eigenvalue weighted by Gasteiger charge is 2.13. The summed E-state index contributed by atoms with van der Waals surface area (Å²) in [6.45, 7) is 0.426. The lowest BCUT2D eigenvalue weighted by Crippen LogP contribution is -2.31. The molecule has 0 spiro atoms. The summed E-state index contributed by atoms with van der Waals surface area (Å²) in [4.78, 5) is 0. The molecule has 1 aromatic carbocycles. The minimum absolute atomic E-state index is 0.0927. The Kier molecular flexibility index (Phi) is 2.94. The lowest BCUT2D eigenvalue weighted by molar-refractivity contribution is 0.173. The van der Waals surface area contributed by atoms with Crippen LogP contribution >= 0.6 is 0 Å². The van der Waals surface area contributed by atoms with Crippen LogP contribution in [0.4, 0.5) is 0 Å². The van der Waals surface area contributed by atoms with E-state index in [1.165, 1.54) is 0 Å². The molecule has 5 nitrogen and oxygen atoms in total. The van der Waals surface area contributed by atoms with Gasteiger partial charge in [-0.1, -0.05) is 0 Å². The number of aliphatic hydroxyl groups is 1. The van der Waals surface area contributed by atoms with Gasteiger partial charge >= 0.3 is 0 Å². The summed E-state index contributed by atoms with van der Waals surface area (Å²) in [7, 11) is 0. The van der Waals surface area contributed by atoms with Gasteiger partial charge in [0.25, 0.3) is 0 Å². The summed E-state index contributed by atoms with van der Waals surface area (Å²) in [5, 5.41) is 8.72. The Morgan fingerprint density at radius 1 is 1.40 bits per heavy atom. The van der Waals surface area contributed by atoms with Crippen molar-refractivity contribution in [3.63, 3.8) is 0 Å². The van der Waals surface area contributed by atoms with Crippen molar-refractivity contribution in [3.05, 3.63) is 18.2 Å². The molecule has 1 aliphatic rings. The third kappa shape index (κ3) is 2.31. The van der Waals surface area contributed by atoms with Gasteiger partial charge in [-0.3, -0.25) is 0 Å². The average Bonchev–Trinajstić information content (AvgIpc) is 2.72. The second-order valence-corrected chi connectivity index (χ2v) is 3.27. The predicted octanol–water partition coefficient (Wildman–Crippen LogP) is 0.114. The molecule has 0 aliphatic carbocycles. The van der Waals surface area contributed by atoms with Crippen LogP contribution in [-0.2, 0) is 0 Å². The van der Waals surface area contributed by atoms with Crippen LogP contribution < -0.4 is 19.9 Å². The Hall–Kier alpha value is -1.46. The Balaban J connectivity index is 1.98. The first-order valence-corrected chi connectivity index (χ1v) is 4.68. The number of rotatable bonds is 4. The molecule has 0 bridgehead atoms. The number of benzene rings is 1. The first-order chi connectivity index (χ1) is 7.29. The van der Waals surface area contributed by atoms with Crippen LogP contribution in [-0.4, -0.2) is 31.2 Å². The van der Waals surface area contributed by atoms with E-state index in [2.05, 4.69) is 0 Å². The molecule has 0 aromatic heterocycles. The first-order valence-electron chi connectivity index (χ1n) is 4.68. The molecular weight excluding hydrogens is 198 g/mol. The van der Waals surface area contributed by atoms with Crippen molar-refractivity contribution in [2.24, 2.45) is 5.73 Å². The third-order valence-corrected chi connectivity index (χ3v) is 2.04. The van der Waals surface area contributed by atoms with Crippen LogP contribution in [0.1, 0.15) is 0 Å². The van der Waals surface area contributed by atoms with E-state index in [0.717, 1.165) is 0 Å². The van der Waals surface area contributed by atoms with Crippen LogP contribution in [0.15, 0.2) is 18.2 Å². The maximum absolute atomic E-state index is 8.72. The second-order valence-electron chi connectivity index (χ2n) is 3.27. The largest absolute Gasteiger partial charge is 0.492 e. The second kappa shape index (κ2) is 4.37. The van der Waals surface area contributed by atoms with Gasteiger partial charge in [0, 0.05) is 6.07 Å². The molecule has 0 saturated heterocycles. The summed E-state index contributed by atoms with van der Waals surface area (Å²) in [5.74, 6) is 2.04. The number of aliphatic hydroxyl groups excluding tert-OH is 1. The average molecular weight is 211 g/mol. The Morgan fingerprint density at radius 3 is 3.00 bits per heavy atom. The Labute approximate surface area is 87.4 Å². The van der Waals surface area contributed by atoms with E-state index in [-0.39, 0.29) is 26.0 Å². The van der Waals surface area contributed by atoms with Crippen LogP contribution in [0.2, 0.25) is 0 Å². The van der Waals surface area contributed by atoms with Crippen molar-refractivity contribution in [2.75, 3.05) is 20.0 Å². The molecule has 1 atom stereocenters. The normalized spacial score (nSPS) is 15.1. The van der Waals surface area contributed by atoms with Gasteiger partial charge in [-0.2, -0.15) is 0 Å². The van der Waals surface area contributed by atoms with Gasteiger partial charge in [0.1, 0.15) is 12.4 Å². The van der Waals surface area contributed by atoms with Gasteiger partial charge < -0.3 is 25.1 Å². The van der Waals surface area contributed by atoms with E-state index >= 15 is 0 Å². The molecule has 2 rings (SSSR count). The monoisotopic (exact) mass is 211 g/mol. The van der Waals surface area contributed by atoms with Crippen molar-refractivity contribution < 1.29 is 19.3 Å². The number of hydrogen-bond acceptors (Lipinski definition) is 5. The van der Waals surface area contributed by atoms with E-state index in [0.29, 0.717) is 17.2 Å². The minimum atomic E-state index is -0.365. The van der Waals surface area contributed by atoms with Crippen LogP contribution in [0, 0.1) is 0 Å². The van der Waals surface area contributed by atoms with E-state index < -0.39 is 0 Å². The van der Waals surface area contributed by atoms with Crippen LogP contribution in [0.25, 0.3) is 0 Å². The standard InChI is InChI=1S/C10H13NO4/c11-7(4-12)5-13-8-1-2-9-10(3-8)15-6-14-9/h1-3,7,12H,4-6,11H2. The third-order valence-electron chi connectivity index (χ3n) is 2.04. The zero-order valence-electron chi connectivity index (χ0n) is 8.18. The fourth-order valence-electron chi connectivity index (χ4n) is 1.22. The zero-order chi connectivity index (χ0) is 10.7. The molecule has 0 amide bonds. The quantitative estimate of drug-likeness (QED) is 0.739. The Bertz CT molecular complexity index is 342. The molecule has 1 heterocycles. The highest BCUT2D eigenvalue weighted by Crippen LogP contribution is 2.34. The van der Waals surface area contributed by atoms with Crippen molar-refractivity contribution >= 4 is 0 Å². The van der Waals surface area contributed by atoms with Gasteiger partial charge in [0.05, 0.1) is 12.6 Å². The van der Waals surface area contributed by atoms with Gasteiger partial charge in [0.2, 0.25) is 6.79 Å². The lowest BCUT2D eigenvalue weighted by atomic mass is 10.3. The van der Waals surface area contributed by atoms with Crippen LogP contribution in [0.3, 0.4) is 0 Å². The number of ether oxygens (including phenoxy) is 3. The smallest absolute Gasteiger partial charge is 0.231 e. The molecule has 82 valence electrons. The SMILES string of the molecule is NC(CO)COc1ccc2c(c1)OCO2. The number of nitrogens with two attached hydrogens (primary N) is 1. The molecule has 1 unspecified atom stereocenters. The van der Waals surface area contributed by atoms with Crippen molar-refractivity contribution in [1.29, 1.82) is 0 Å². The maximum Gasteiger partial charge on any atom is 0.231 e. The van der Waals surface area contributed by atoms with Gasteiger partial charge in [-0.25, -0.2) is 0 Å². The van der Waals surface area contributed by atoms with E-state index in [1.807, 2.05) is 0 Å². The molecule has 0 radical (unpaired) electrons. The molecule has 1 aliphatic heterocycles. The fraction of sp³-hybridized carbons (Fsp3) is 0.400. The van der Waals surface area contributed by atoms with E-state index in [1.54, 1.807) is 18.2 Å². The van der Waals surface area contributed by atoms with Crippen molar-refractivity contribution in [1.82, 2.24) is 0 Å². The molecule has 0 saturated carbocycles. The number of fused-ring (bicyclic) bond motifs is 1. The summed E-state index contributed by atoms with van der Waals surface area (Å²) >= 11 is 0. The first kappa shape index (κ1) is 10.1. The lowest BCUT2D eigenvalue weighted by Gasteiger charge is -2.10. The van der Waals surface area contributed by atoms with Crippen molar-refractivity contribution in [2.45, 2.75) is 6.04 Å². The molecular formula is C10H13NO4. The predicted molar refractivity (Wildman–Crippen MR) is 53.1 cm³/mol. The summed E-state index contributed by atoms with van der Waals surface area (Å²) in [5.41, 5.74) is 5.50. The molecule has 3 N–H and O–H groups in total. The van der Waals surface area contributed by atoms with Gasteiger partial charge in [-0.15, -0.1) is 0 Å². The van der Waals surface area contributed by atoms with Crippen molar-refractivity contribution in [3.8, 4) is 17.2 Å². The number of hydrogen-bond donors (Lipinski definition) is 2. The highest BCUT2D eigenvalue weighted by molar-refractivity contribution is 5.46. The Morgan fingerprint density at radius 2 is 2.20 bits per heavy atom. The van der Waals surface area contributed by atoms with Gasteiger partial charge in [-0.05, 0) is 12.1 Å². The summed E-state index contributed by atoms with van der Waals surface area (Å²) < 4.78 is 15.7. The summed E-state index contributed by atoms with van der Waals surface area (Å²) in [6.07, 6.45) is 0. The zero-order valence-corrected chi connectivity index (χ0v) is 8.18. The topological polar surface area (TPSA) is 73.9 Å². The minimum Gasteiger partial charge on any atom is -0.492 e. The van der Waals surface area contributed by atoms with E-state index in [4.69, 9.17) is 25.1 Å². The highest BCUT2D eigenvalue weighted by atomic mass is 16.7. The maximum atomic E-state index is 8.72. The fourth-order valence-corrected chi connectivity index (χ4v) is 1.22. The molecule has 15 heavy (non-hydrogen) atoms. The molecule has 0 fully saturated rings. The van der Waals surface area contributed by atoms with Crippen LogP contribution in [0.5, 0.6) is 17.2 Å². The molecule has 5 heteroatoms. The van der Waals surface area contributed by atoms with Gasteiger partial charge in [0.15, 0.2) is 11.5 Å².